The van der Waals surface area contributed by atoms with Gasteiger partial charge in [0, 0.05) is 43.2 Å². The van der Waals surface area contributed by atoms with Gasteiger partial charge in [0.05, 0.1) is 18.9 Å². The minimum atomic E-state index is -3.88. The molecule has 8 rings (SSSR count). The van der Waals surface area contributed by atoms with Crippen LogP contribution in [0.1, 0.15) is 83.5 Å². The van der Waals surface area contributed by atoms with E-state index in [2.05, 4.69) is 16.1 Å². The molecule has 2 N–H and O–H groups in total. The van der Waals surface area contributed by atoms with Crippen LogP contribution in [0.2, 0.25) is 0 Å². The highest BCUT2D eigenvalue weighted by Gasteiger charge is 2.62. The second-order valence-corrected chi connectivity index (χ2v) is 18.7. The van der Waals surface area contributed by atoms with Gasteiger partial charge in [0.25, 0.3) is 5.91 Å². The zero-order valence-corrected chi connectivity index (χ0v) is 34.0. The molecule has 5 atom stereocenters. The number of piperidine rings is 1. The van der Waals surface area contributed by atoms with Gasteiger partial charge < -0.3 is 24.6 Å². The van der Waals surface area contributed by atoms with Crippen molar-refractivity contribution in [1.82, 2.24) is 19.8 Å². The number of rotatable bonds is 9. The molecule has 3 aliphatic heterocycles. The average Bonchev–Trinajstić information content (AvgIpc) is 4.16. The van der Waals surface area contributed by atoms with Crippen LogP contribution in [0, 0.1) is 11.8 Å². The Labute approximate surface area is 340 Å². The van der Waals surface area contributed by atoms with E-state index in [1.165, 1.54) is 0 Å². The van der Waals surface area contributed by atoms with Crippen LogP contribution in [-0.4, -0.2) is 91.5 Å². The van der Waals surface area contributed by atoms with Crippen molar-refractivity contribution in [1.29, 1.82) is 0 Å². The van der Waals surface area contributed by atoms with Gasteiger partial charge in [-0.2, -0.15) is 0 Å². The number of nitrogens with one attached hydrogen (secondary N) is 2. The number of carbonyl (C=O) groups is 4. The third-order valence-corrected chi connectivity index (χ3v) is 14.4. The highest BCUT2D eigenvalue weighted by atomic mass is 32.2. The minimum absolute atomic E-state index is 0.0418. The van der Waals surface area contributed by atoms with E-state index in [-0.39, 0.29) is 37.6 Å². The summed E-state index contributed by atoms with van der Waals surface area (Å²) < 4.78 is 40.5. The third kappa shape index (κ3) is 8.60. The summed E-state index contributed by atoms with van der Waals surface area (Å²) in [7, 11) is -2.26. The summed E-state index contributed by atoms with van der Waals surface area (Å²) in [5.41, 5.74) is 0.454. The van der Waals surface area contributed by atoms with Crippen molar-refractivity contribution >= 4 is 44.4 Å². The smallest absolute Gasteiger partial charge is 0.259 e. The summed E-state index contributed by atoms with van der Waals surface area (Å²) in [6.07, 6.45) is 11.4. The van der Waals surface area contributed by atoms with Crippen LogP contribution in [0.5, 0.6) is 11.5 Å². The Morgan fingerprint density at radius 2 is 1.69 bits per heavy atom. The molecule has 0 unspecified atom stereocenters. The molecule has 2 aliphatic carbocycles. The second-order valence-electron chi connectivity index (χ2n) is 16.8. The molecule has 3 aromatic rings. The largest absolute Gasteiger partial charge is 0.497 e. The molecule has 4 fully saturated rings. The molecular formula is C45H54N4O8S. The lowest BCUT2D eigenvalue weighted by molar-refractivity contribution is -0.145. The van der Waals surface area contributed by atoms with Crippen molar-refractivity contribution < 1.29 is 37.1 Å². The van der Waals surface area contributed by atoms with Gasteiger partial charge in [-0.05, 0) is 105 Å². The first-order valence-corrected chi connectivity index (χ1v) is 22.6. The van der Waals surface area contributed by atoms with E-state index in [1.807, 2.05) is 71.6 Å². The normalized spacial score (nSPS) is 27.3. The van der Waals surface area contributed by atoms with Gasteiger partial charge in [-0.25, -0.2) is 8.42 Å². The molecule has 58 heavy (non-hydrogen) atoms. The summed E-state index contributed by atoms with van der Waals surface area (Å²) >= 11 is 0. The first-order valence-electron chi connectivity index (χ1n) is 21.0. The maximum Gasteiger partial charge on any atom is 0.259 e. The summed E-state index contributed by atoms with van der Waals surface area (Å²) in [5.74, 6) is -1.36. The number of benzene rings is 3. The number of hydrogen-bond acceptors (Lipinski definition) is 8. The zero-order chi connectivity index (χ0) is 40.4. The molecule has 12 nitrogen and oxygen atoms in total. The Morgan fingerprint density at radius 1 is 0.914 bits per heavy atom. The molecule has 5 aliphatic rings. The number of ether oxygens (including phenoxy) is 2. The molecule has 4 amide bonds. The highest BCUT2D eigenvalue weighted by molar-refractivity contribution is 7.91. The number of amides is 4. The lowest BCUT2D eigenvalue weighted by Gasteiger charge is -2.31. The Morgan fingerprint density at radius 3 is 2.45 bits per heavy atom. The van der Waals surface area contributed by atoms with Crippen LogP contribution in [-0.2, 0) is 29.2 Å². The Hall–Kier alpha value is -4.91. The number of carbonyl (C=O) groups excluding carboxylic acids is 4. The van der Waals surface area contributed by atoms with E-state index in [1.54, 1.807) is 12.0 Å². The quantitative estimate of drug-likeness (QED) is 0.254. The number of hydrogen-bond donors (Lipinski definition) is 2. The van der Waals surface area contributed by atoms with Crippen molar-refractivity contribution in [2.75, 3.05) is 26.7 Å². The molecule has 3 heterocycles. The second kappa shape index (κ2) is 16.8. The van der Waals surface area contributed by atoms with Crippen LogP contribution in [0.15, 0.2) is 72.8 Å². The van der Waals surface area contributed by atoms with Gasteiger partial charge in [-0.1, -0.05) is 55.3 Å². The summed E-state index contributed by atoms with van der Waals surface area (Å²) in [6.45, 7) is 1.46. The molecule has 0 bridgehead atoms. The standard InChI is InChI=1S/C45H54N4O8S/c1-56-35-17-20-38-33(24-35)23-32(30-13-8-5-9-14-30)25-40(38)57-36-27-39-42(51)46-45(44(53)47-58(54,55)37-18-19-37)28-34(45)16-10-4-2-3-7-15-31(43(52)49(39)29-36)26-41(50)48-21-11-6-12-22-48/h5,8-10,13-14,16-17,20,23-25,31,34,36-37,39H,2-4,6-7,11-12,15,18-19,21-22,26-29H2,1H3,(H,46,51)(H,47,53)/b16-10-/t31-,34-,36-,39+,45-/m1/s1. The fraction of sp³-hybridized carbons (Fsp3) is 0.511. The fourth-order valence-electron chi connectivity index (χ4n) is 8.98. The van der Waals surface area contributed by atoms with Crippen molar-refractivity contribution in [2.45, 2.75) is 106 Å². The van der Waals surface area contributed by atoms with E-state index >= 15 is 0 Å². The number of nitrogens with zero attached hydrogens (tertiary/aromatic N) is 2. The van der Waals surface area contributed by atoms with Gasteiger partial charge in [0.15, 0.2) is 0 Å². The van der Waals surface area contributed by atoms with Crippen molar-refractivity contribution in [2.24, 2.45) is 11.8 Å². The maximum absolute atomic E-state index is 14.9. The Balaban J connectivity index is 1.12. The van der Waals surface area contributed by atoms with Crippen molar-refractivity contribution in [3.05, 3.63) is 72.8 Å². The molecule has 2 saturated heterocycles. The molecule has 3 aromatic carbocycles. The molecule has 0 spiro atoms. The predicted octanol–water partition coefficient (Wildman–Crippen LogP) is 5.89. The Bertz CT molecular complexity index is 2180. The summed E-state index contributed by atoms with van der Waals surface area (Å²) in [5, 5.41) is 4.10. The number of allylic oxidation sites excluding steroid dienone is 1. The van der Waals surface area contributed by atoms with E-state index in [9.17, 15) is 27.6 Å². The molecule has 13 heteroatoms. The van der Waals surface area contributed by atoms with Crippen LogP contribution in [0.25, 0.3) is 21.9 Å². The molecule has 308 valence electrons. The minimum Gasteiger partial charge on any atom is -0.497 e. The average molecular weight is 811 g/mol. The fourth-order valence-corrected chi connectivity index (χ4v) is 10.3. The van der Waals surface area contributed by atoms with Crippen LogP contribution >= 0.6 is 0 Å². The number of fused-ring (bicyclic) bond motifs is 3. The Kier molecular flexibility index (Phi) is 11.5. The third-order valence-electron chi connectivity index (χ3n) is 12.6. The molecular weight excluding hydrogens is 757 g/mol. The molecule has 0 aromatic heterocycles. The first kappa shape index (κ1) is 39.9. The molecule has 0 radical (unpaired) electrons. The van der Waals surface area contributed by atoms with Gasteiger partial charge in [-0.15, -0.1) is 0 Å². The van der Waals surface area contributed by atoms with Crippen LogP contribution in [0.4, 0.5) is 0 Å². The SMILES string of the molecule is COc1ccc2c(O[C@@H]3C[C@H]4C(=O)N[C@]5(C(=O)NS(=O)(=O)C6CC6)C[C@H]5/C=C\CCCCC[C@H](CC(=O)N5CCCCC5)C(=O)N4C3)cc(-c3ccccc3)cc2c1. The lowest BCUT2D eigenvalue weighted by Crippen LogP contribution is -2.57. The first-order chi connectivity index (χ1) is 28.0. The number of sulfonamides is 1. The summed E-state index contributed by atoms with van der Waals surface area (Å²) in [4.78, 5) is 60.5. The lowest BCUT2D eigenvalue weighted by atomic mass is 9.94. The number of methoxy groups -OCH3 is 1. The van der Waals surface area contributed by atoms with Crippen molar-refractivity contribution in [3.63, 3.8) is 0 Å². The van der Waals surface area contributed by atoms with Gasteiger partial charge in [0.1, 0.15) is 29.2 Å². The van der Waals surface area contributed by atoms with Gasteiger partial charge in [-0.3, -0.25) is 23.9 Å². The van der Waals surface area contributed by atoms with E-state index in [4.69, 9.17) is 9.47 Å². The van der Waals surface area contributed by atoms with Crippen LogP contribution < -0.4 is 19.5 Å². The van der Waals surface area contributed by atoms with Crippen molar-refractivity contribution in [3.8, 4) is 22.6 Å². The molecule has 2 saturated carbocycles. The van der Waals surface area contributed by atoms with Gasteiger partial charge in [0.2, 0.25) is 27.7 Å². The number of likely N-dealkylation sites (tertiary alicyclic amines) is 1. The zero-order valence-electron chi connectivity index (χ0n) is 33.2. The monoisotopic (exact) mass is 810 g/mol. The van der Waals surface area contributed by atoms with Crippen LogP contribution in [0.3, 0.4) is 0 Å². The topological polar surface area (TPSA) is 151 Å². The van der Waals surface area contributed by atoms with E-state index < -0.39 is 56.6 Å². The van der Waals surface area contributed by atoms with E-state index in [0.717, 1.165) is 66.8 Å². The summed E-state index contributed by atoms with van der Waals surface area (Å²) in [6, 6.07) is 18.7. The predicted molar refractivity (Wildman–Crippen MR) is 220 cm³/mol. The highest BCUT2D eigenvalue weighted by Crippen LogP contribution is 2.46. The van der Waals surface area contributed by atoms with Gasteiger partial charge >= 0.3 is 0 Å². The maximum atomic E-state index is 14.9. The van der Waals surface area contributed by atoms with E-state index in [0.29, 0.717) is 43.9 Å².